The molecule has 1 saturated heterocycles. The van der Waals surface area contributed by atoms with Crippen molar-refractivity contribution in [3.63, 3.8) is 0 Å². The Labute approximate surface area is 121 Å². The van der Waals surface area contributed by atoms with Crippen LogP contribution in [0.3, 0.4) is 0 Å². The van der Waals surface area contributed by atoms with Gasteiger partial charge < -0.3 is 15.0 Å². The molecule has 2 heterocycles. The van der Waals surface area contributed by atoms with Crippen molar-refractivity contribution in [3.05, 3.63) is 23.2 Å². The second-order valence-corrected chi connectivity index (χ2v) is 4.61. The first kappa shape index (κ1) is 14.7. The molecule has 0 saturated carbocycles. The van der Waals surface area contributed by atoms with Gasteiger partial charge in [0, 0.05) is 26.1 Å². The number of nitrogens with one attached hydrogen (secondary N) is 1. The molecule has 0 radical (unpaired) electrons. The Morgan fingerprint density at radius 1 is 1.30 bits per heavy atom. The number of halogens is 1. The maximum atomic E-state index is 11.8. The Bertz CT molecular complexity index is 474. The lowest BCUT2D eigenvalue weighted by Crippen LogP contribution is -2.42. The van der Waals surface area contributed by atoms with E-state index in [0.29, 0.717) is 26.3 Å². The SMILES string of the molecule is O=C(NCCC(=O)N1CCOCC1)c1cnc(Cl)cn1. The van der Waals surface area contributed by atoms with Crippen LogP contribution in [0.25, 0.3) is 0 Å². The molecule has 0 spiro atoms. The summed E-state index contributed by atoms with van der Waals surface area (Å²) in [5.74, 6) is -0.361. The number of morpholine rings is 1. The standard InChI is InChI=1S/C12H15ClN4O3/c13-10-8-15-9(7-16-10)12(19)14-2-1-11(18)17-3-5-20-6-4-17/h7-8H,1-6H2,(H,14,19). The topological polar surface area (TPSA) is 84.4 Å². The van der Waals surface area contributed by atoms with Gasteiger partial charge in [0.1, 0.15) is 10.8 Å². The minimum absolute atomic E-state index is 0.00999. The molecule has 20 heavy (non-hydrogen) atoms. The number of amides is 2. The molecule has 2 rings (SSSR count). The molecule has 1 aromatic heterocycles. The number of ether oxygens (including phenoxy) is 1. The molecule has 1 aromatic rings. The van der Waals surface area contributed by atoms with Gasteiger partial charge in [-0.2, -0.15) is 0 Å². The minimum Gasteiger partial charge on any atom is -0.378 e. The van der Waals surface area contributed by atoms with Crippen molar-refractivity contribution in [2.75, 3.05) is 32.8 Å². The molecule has 108 valence electrons. The van der Waals surface area contributed by atoms with E-state index in [-0.39, 0.29) is 35.6 Å². The Morgan fingerprint density at radius 3 is 2.70 bits per heavy atom. The fourth-order valence-electron chi connectivity index (χ4n) is 1.77. The highest BCUT2D eigenvalue weighted by atomic mass is 35.5. The summed E-state index contributed by atoms with van der Waals surface area (Å²) in [6.45, 7) is 2.61. The normalized spacial score (nSPS) is 14.9. The van der Waals surface area contributed by atoms with Gasteiger partial charge in [0.15, 0.2) is 0 Å². The number of aromatic nitrogens is 2. The molecule has 0 aromatic carbocycles. The van der Waals surface area contributed by atoms with Gasteiger partial charge in [-0.1, -0.05) is 11.6 Å². The minimum atomic E-state index is -0.371. The highest BCUT2D eigenvalue weighted by Crippen LogP contribution is 2.02. The van der Waals surface area contributed by atoms with E-state index in [1.807, 2.05) is 0 Å². The first-order chi connectivity index (χ1) is 9.66. The van der Waals surface area contributed by atoms with Gasteiger partial charge in [0.2, 0.25) is 5.91 Å². The van der Waals surface area contributed by atoms with Gasteiger partial charge in [-0.3, -0.25) is 9.59 Å². The fraction of sp³-hybridized carbons (Fsp3) is 0.500. The van der Waals surface area contributed by atoms with E-state index in [2.05, 4.69) is 15.3 Å². The third-order valence-corrected chi connectivity index (χ3v) is 3.04. The van der Waals surface area contributed by atoms with E-state index in [1.165, 1.54) is 12.4 Å². The lowest BCUT2D eigenvalue weighted by molar-refractivity contribution is -0.135. The second-order valence-electron chi connectivity index (χ2n) is 4.22. The van der Waals surface area contributed by atoms with E-state index in [9.17, 15) is 9.59 Å². The summed E-state index contributed by atoms with van der Waals surface area (Å²) in [6, 6.07) is 0. The maximum Gasteiger partial charge on any atom is 0.271 e. The van der Waals surface area contributed by atoms with Crippen LogP contribution in [-0.4, -0.2) is 59.5 Å². The summed E-state index contributed by atoms with van der Waals surface area (Å²) < 4.78 is 5.17. The lowest BCUT2D eigenvalue weighted by Gasteiger charge is -2.26. The van der Waals surface area contributed by atoms with Crippen LogP contribution in [-0.2, 0) is 9.53 Å². The van der Waals surface area contributed by atoms with Crippen LogP contribution < -0.4 is 5.32 Å². The maximum absolute atomic E-state index is 11.8. The lowest BCUT2D eigenvalue weighted by atomic mass is 10.3. The van der Waals surface area contributed by atoms with Crippen LogP contribution in [0, 0.1) is 0 Å². The molecule has 7 nitrogen and oxygen atoms in total. The van der Waals surface area contributed by atoms with Gasteiger partial charge in [0.05, 0.1) is 25.6 Å². The molecular formula is C12H15ClN4O3. The molecule has 0 aliphatic carbocycles. The van der Waals surface area contributed by atoms with Crippen molar-refractivity contribution in [1.29, 1.82) is 0 Å². The summed E-state index contributed by atoms with van der Waals surface area (Å²) >= 11 is 5.58. The molecule has 1 N–H and O–H groups in total. The molecule has 1 aliphatic rings. The molecule has 0 atom stereocenters. The average Bonchev–Trinajstić information content (AvgIpc) is 2.48. The van der Waals surface area contributed by atoms with Crippen molar-refractivity contribution >= 4 is 23.4 Å². The Hall–Kier alpha value is -1.73. The summed E-state index contributed by atoms with van der Waals surface area (Å²) in [6.07, 6.45) is 2.85. The van der Waals surface area contributed by atoms with Crippen molar-refractivity contribution < 1.29 is 14.3 Å². The third kappa shape index (κ3) is 4.14. The Kier molecular flexibility index (Phi) is 5.25. The second kappa shape index (κ2) is 7.16. The van der Waals surface area contributed by atoms with Gasteiger partial charge in [-0.15, -0.1) is 0 Å². The van der Waals surface area contributed by atoms with E-state index in [0.717, 1.165) is 0 Å². The number of rotatable bonds is 4. The molecule has 0 bridgehead atoms. The largest absolute Gasteiger partial charge is 0.378 e. The number of hydrogen-bond donors (Lipinski definition) is 1. The van der Waals surface area contributed by atoms with Crippen molar-refractivity contribution in [1.82, 2.24) is 20.2 Å². The highest BCUT2D eigenvalue weighted by Gasteiger charge is 2.16. The number of carbonyl (C=O) groups is 2. The van der Waals surface area contributed by atoms with Crippen LogP contribution in [0.15, 0.2) is 12.4 Å². The summed E-state index contributed by atoms with van der Waals surface area (Å²) in [5.41, 5.74) is 0.174. The molecule has 1 aliphatic heterocycles. The van der Waals surface area contributed by atoms with E-state index in [4.69, 9.17) is 16.3 Å². The van der Waals surface area contributed by atoms with E-state index in [1.54, 1.807) is 4.90 Å². The Morgan fingerprint density at radius 2 is 2.05 bits per heavy atom. The quantitative estimate of drug-likeness (QED) is 0.853. The monoisotopic (exact) mass is 298 g/mol. The van der Waals surface area contributed by atoms with Crippen LogP contribution in [0.1, 0.15) is 16.9 Å². The molecule has 0 unspecified atom stereocenters. The predicted octanol–water partition coefficient (Wildman–Crippen LogP) is 0.109. The predicted molar refractivity (Wildman–Crippen MR) is 71.4 cm³/mol. The van der Waals surface area contributed by atoms with Gasteiger partial charge in [0.25, 0.3) is 5.91 Å². The Balaban J connectivity index is 1.73. The fourth-order valence-corrected chi connectivity index (χ4v) is 1.87. The molecule has 2 amide bonds. The number of carbonyl (C=O) groups excluding carboxylic acids is 2. The van der Waals surface area contributed by atoms with Crippen molar-refractivity contribution in [3.8, 4) is 0 Å². The number of hydrogen-bond acceptors (Lipinski definition) is 5. The van der Waals surface area contributed by atoms with Gasteiger partial charge in [-0.25, -0.2) is 9.97 Å². The van der Waals surface area contributed by atoms with Crippen LogP contribution in [0.2, 0.25) is 5.15 Å². The first-order valence-electron chi connectivity index (χ1n) is 6.28. The summed E-state index contributed by atoms with van der Waals surface area (Å²) in [7, 11) is 0. The summed E-state index contributed by atoms with van der Waals surface area (Å²) in [5, 5.41) is 2.85. The molecule has 1 fully saturated rings. The molecule has 8 heteroatoms. The zero-order chi connectivity index (χ0) is 14.4. The van der Waals surface area contributed by atoms with Crippen LogP contribution in [0.5, 0.6) is 0 Å². The van der Waals surface area contributed by atoms with Crippen LogP contribution >= 0.6 is 11.6 Å². The molecular weight excluding hydrogens is 284 g/mol. The smallest absolute Gasteiger partial charge is 0.271 e. The van der Waals surface area contributed by atoms with Crippen LogP contribution in [0.4, 0.5) is 0 Å². The zero-order valence-corrected chi connectivity index (χ0v) is 11.6. The highest BCUT2D eigenvalue weighted by molar-refractivity contribution is 6.29. The van der Waals surface area contributed by atoms with E-state index < -0.39 is 0 Å². The van der Waals surface area contributed by atoms with E-state index >= 15 is 0 Å². The number of nitrogens with zero attached hydrogens (tertiary/aromatic N) is 3. The summed E-state index contributed by atoms with van der Waals surface area (Å²) in [4.78, 5) is 32.9. The van der Waals surface area contributed by atoms with Gasteiger partial charge >= 0.3 is 0 Å². The zero-order valence-electron chi connectivity index (χ0n) is 10.8. The van der Waals surface area contributed by atoms with Crippen molar-refractivity contribution in [2.45, 2.75) is 6.42 Å². The third-order valence-electron chi connectivity index (χ3n) is 2.84. The van der Waals surface area contributed by atoms with Gasteiger partial charge in [-0.05, 0) is 0 Å². The van der Waals surface area contributed by atoms with Crippen molar-refractivity contribution in [2.24, 2.45) is 0 Å². The first-order valence-corrected chi connectivity index (χ1v) is 6.66. The average molecular weight is 299 g/mol.